The van der Waals surface area contributed by atoms with Crippen molar-refractivity contribution in [1.29, 1.82) is 0 Å². The predicted molar refractivity (Wildman–Crippen MR) is 134 cm³/mol. The molecule has 10 heteroatoms. The first-order valence-electron chi connectivity index (χ1n) is 11.7. The number of aromatic nitrogens is 2. The summed E-state index contributed by atoms with van der Waals surface area (Å²) in [5.74, 6) is 2.77. The van der Waals surface area contributed by atoms with Gasteiger partial charge >= 0.3 is 0 Å². The van der Waals surface area contributed by atoms with Crippen molar-refractivity contribution < 1.29 is 13.2 Å². The highest BCUT2D eigenvalue weighted by Crippen LogP contribution is 2.60. The van der Waals surface area contributed by atoms with E-state index in [0.717, 1.165) is 19.3 Å². The molecule has 0 saturated heterocycles. The van der Waals surface area contributed by atoms with Crippen LogP contribution in [0.3, 0.4) is 0 Å². The second-order valence-electron chi connectivity index (χ2n) is 10.2. The van der Waals surface area contributed by atoms with Crippen LogP contribution in [0.4, 0.5) is 11.5 Å². The average Bonchev–Trinajstić information content (AvgIpc) is 2.72. The molecule has 4 saturated carbocycles. The first-order valence-corrected chi connectivity index (χ1v) is 13.6. The van der Waals surface area contributed by atoms with Gasteiger partial charge in [0.25, 0.3) is 10.0 Å². The summed E-state index contributed by atoms with van der Waals surface area (Å²) in [5, 5.41) is 6.16. The van der Waals surface area contributed by atoms with Gasteiger partial charge in [0.2, 0.25) is 5.91 Å². The van der Waals surface area contributed by atoms with Crippen LogP contribution in [0.25, 0.3) is 0 Å². The van der Waals surface area contributed by atoms with E-state index in [2.05, 4.69) is 25.3 Å². The Morgan fingerprint density at radius 3 is 2.15 bits per heavy atom. The lowest BCUT2D eigenvalue weighted by molar-refractivity contribution is -0.144. The molecule has 1 amide bonds. The number of benzene rings is 1. The van der Waals surface area contributed by atoms with E-state index in [4.69, 9.17) is 12.2 Å². The summed E-state index contributed by atoms with van der Waals surface area (Å²) in [7, 11) is -3.81. The lowest BCUT2D eigenvalue weighted by atomic mass is 9.49. The molecule has 6 rings (SSSR count). The summed E-state index contributed by atoms with van der Waals surface area (Å²) in [4.78, 5) is 21.5. The number of carbonyl (C=O) groups excluding carboxylic acids is 1. The Balaban J connectivity index is 1.21. The van der Waals surface area contributed by atoms with Gasteiger partial charge in [-0.2, -0.15) is 0 Å². The Morgan fingerprint density at radius 1 is 1.00 bits per heavy atom. The van der Waals surface area contributed by atoms with E-state index in [1.807, 2.05) is 0 Å². The molecule has 34 heavy (non-hydrogen) atoms. The van der Waals surface area contributed by atoms with Crippen molar-refractivity contribution >= 4 is 44.8 Å². The van der Waals surface area contributed by atoms with E-state index in [0.29, 0.717) is 35.0 Å². The predicted octanol–water partition coefficient (Wildman–Crippen LogP) is 3.92. The third-order valence-corrected chi connectivity index (χ3v) is 8.95. The summed E-state index contributed by atoms with van der Waals surface area (Å²) in [6, 6.07) is 7.78. The molecule has 4 aliphatic rings. The lowest BCUT2D eigenvalue weighted by Gasteiger charge is -2.55. The molecule has 0 aliphatic heterocycles. The number of aryl methyl sites for hydroxylation is 2. The second-order valence-corrected chi connectivity index (χ2v) is 12.3. The van der Waals surface area contributed by atoms with Gasteiger partial charge in [-0.15, -0.1) is 0 Å². The van der Waals surface area contributed by atoms with Crippen molar-refractivity contribution in [3.8, 4) is 0 Å². The van der Waals surface area contributed by atoms with E-state index >= 15 is 0 Å². The zero-order chi connectivity index (χ0) is 24.1. The zero-order valence-electron chi connectivity index (χ0n) is 19.3. The lowest BCUT2D eigenvalue weighted by Crippen LogP contribution is -2.55. The van der Waals surface area contributed by atoms with Gasteiger partial charge in [0, 0.05) is 17.4 Å². The molecule has 0 unspecified atom stereocenters. The molecule has 1 aromatic carbocycles. The Labute approximate surface area is 205 Å². The SMILES string of the molecule is Cc1cc(NS(=O)(=O)c2ccc(NC(=S)NC(=O)C34CC5CC(CC(C5)C3)C4)cc2)nc(C)n1. The van der Waals surface area contributed by atoms with Crippen LogP contribution >= 0.6 is 12.2 Å². The van der Waals surface area contributed by atoms with Gasteiger partial charge in [-0.25, -0.2) is 18.4 Å². The van der Waals surface area contributed by atoms with Crippen LogP contribution < -0.4 is 15.4 Å². The first kappa shape index (κ1) is 23.2. The fourth-order valence-corrected chi connectivity index (χ4v) is 7.67. The van der Waals surface area contributed by atoms with Crippen LogP contribution in [0.2, 0.25) is 0 Å². The average molecular weight is 500 g/mol. The van der Waals surface area contributed by atoms with Crippen LogP contribution in [0, 0.1) is 37.0 Å². The third kappa shape index (κ3) is 4.65. The van der Waals surface area contributed by atoms with Crippen molar-refractivity contribution in [2.24, 2.45) is 23.2 Å². The molecule has 180 valence electrons. The summed E-state index contributed by atoms with van der Waals surface area (Å²) >= 11 is 5.40. The van der Waals surface area contributed by atoms with Crippen molar-refractivity contribution in [2.45, 2.75) is 57.3 Å². The zero-order valence-corrected chi connectivity index (χ0v) is 20.9. The fraction of sp³-hybridized carbons (Fsp3) is 0.500. The number of anilines is 2. The highest BCUT2D eigenvalue weighted by molar-refractivity contribution is 7.92. The van der Waals surface area contributed by atoms with E-state index in [1.54, 1.807) is 32.0 Å². The highest BCUT2D eigenvalue weighted by Gasteiger charge is 2.54. The van der Waals surface area contributed by atoms with E-state index in [-0.39, 0.29) is 27.1 Å². The van der Waals surface area contributed by atoms with Gasteiger partial charge in [0.1, 0.15) is 11.6 Å². The third-order valence-electron chi connectivity index (χ3n) is 7.37. The Bertz CT molecular complexity index is 1190. The van der Waals surface area contributed by atoms with Crippen LogP contribution in [0.15, 0.2) is 35.2 Å². The Kier molecular flexibility index (Phi) is 5.84. The minimum Gasteiger partial charge on any atom is -0.332 e. The molecule has 4 aliphatic carbocycles. The maximum absolute atomic E-state index is 13.2. The molecule has 4 fully saturated rings. The first-order chi connectivity index (χ1) is 16.1. The van der Waals surface area contributed by atoms with Gasteiger partial charge in [-0.05, 0) is 107 Å². The Hall–Kier alpha value is -2.59. The molecule has 8 nitrogen and oxygen atoms in total. The summed E-state index contributed by atoms with van der Waals surface area (Å²) in [6.07, 6.45) is 6.73. The largest absolute Gasteiger partial charge is 0.332 e. The van der Waals surface area contributed by atoms with Gasteiger partial charge in [-0.3, -0.25) is 9.52 Å². The normalized spacial score (nSPS) is 27.3. The molecule has 3 N–H and O–H groups in total. The van der Waals surface area contributed by atoms with E-state index in [9.17, 15) is 13.2 Å². The van der Waals surface area contributed by atoms with Crippen LogP contribution in [0.1, 0.15) is 50.0 Å². The highest BCUT2D eigenvalue weighted by atomic mass is 32.2. The number of hydrogen-bond donors (Lipinski definition) is 3. The Morgan fingerprint density at radius 2 is 1.59 bits per heavy atom. The van der Waals surface area contributed by atoms with E-state index in [1.165, 1.54) is 31.4 Å². The summed E-state index contributed by atoms with van der Waals surface area (Å²) < 4.78 is 28.0. The van der Waals surface area contributed by atoms with Crippen LogP contribution in [-0.4, -0.2) is 29.4 Å². The number of nitrogens with zero attached hydrogens (tertiary/aromatic N) is 2. The topological polar surface area (TPSA) is 113 Å². The molecule has 0 spiro atoms. The van der Waals surface area contributed by atoms with Gasteiger partial charge in [0.05, 0.1) is 10.3 Å². The van der Waals surface area contributed by atoms with E-state index < -0.39 is 10.0 Å². The summed E-state index contributed by atoms with van der Waals surface area (Å²) in [6.45, 7) is 3.48. The van der Waals surface area contributed by atoms with Crippen LogP contribution in [0.5, 0.6) is 0 Å². The monoisotopic (exact) mass is 499 g/mol. The number of amides is 1. The second kappa shape index (κ2) is 8.57. The van der Waals surface area contributed by atoms with Crippen molar-refractivity contribution in [3.63, 3.8) is 0 Å². The number of hydrogen-bond acceptors (Lipinski definition) is 6. The molecule has 0 atom stereocenters. The molecule has 2 aromatic rings. The number of nitrogens with one attached hydrogen (secondary N) is 3. The van der Waals surface area contributed by atoms with Crippen molar-refractivity contribution in [3.05, 3.63) is 41.9 Å². The maximum atomic E-state index is 13.2. The van der Waals surface area contributed by atoms with Gasteiger partial charge < -0.3 is 10.6 Å². The van der Waals surface area contributed by atoms with Gasteiger partial charge in [0.15, 0.2) is 5.11 Å². The number of rotatable bonds is 5. The van der Waals surface area contributed by atoms with Crippen LogP contribution in [-0.2, 0) is 14.8 Å². The number of sulfonamides is 1. The van der Waals surface area contributed by atoms with Crippen molar-refractivity contribution in [1.82, 2.24) is 15.3 Å². The fourth-order valence-electron chi connectivity index (χ4n) is 6.47. The molecule has 1 heterocycles. The minimum absolute atomic E-state index is 0.0305. The quantitative estimate of drug-likeness (QED) is 0.534. The molecular weight excluding hydrogens is 470 g/mol. The van der Waals surface area contributed by atoms with Crippen molar-refractivity contribution in [2.75, 3.05) is 10.0 Å². The number of thiocarbonyl (C=S) groups is 1. The standard InChI is InChI=1S/C24H29N5O3S2/c1-14-7-21(26-15(2)25-14)29-34(31,32)20-5-3-19(4-6-20)27-23(33)28-22(30)24-11-16-8-17(12-24)10-18(9-16)13-24/h3-7,16-18H,8-13H2,1-2H3,(H,25,26,29)(H2,27,28,30,33). The smallest absolute Gasteiger partial charge is 0.263 e. The minimum atomic E-state index is -3.81. The molecular formula is C24H29N5O3S2. The van der Waals surface area contributed by atoms with Gasteiger partial charge in [-0.1, -0.05) is 0 Å². The maximum Gasteiger partial charge on any atom is 0.263 e. The number of carbonyl (C=O) groups is 1. The molecule has 1 aromatic heterocycles. The molecule has 4 bridgehead atoms. The summed E-state index contributed by atoms with van der Waals surface area (Å²) in [5.41, 5.74) is 0.999. The molecule has 0 radical (unpaired) electrons.